The van der Waals surface area contributed by atoms with Gasteiger partial charge in [0.2, 0.25) is 0 Å². The second kappa shape index (κ2) is 9.21. The summed E-state index contributed by atoms with van der Waals surface area (Å²) in [6.07, 6.45) is 2.57. The number of phenolic OH excluding ortho intramolecular Hbond substituents is 1. The van der Waals surface area contributed by atoms with E-state index < -0.39 is 0 Å². The van der Waals surface area contributed by atoms with E-state index in [0.717, 1.165) is 34.7 Å². The molecular weight excluding hydrogens is 405 g/mol. The van der Waals surface area contributed by atoms with Crippen LogP contribution in [-0.2, 0) is 0 Å². The van der Waals surface area contributed by atoms with E-state index in [2.05, 4.69) is 17.0 Å². The van der Waals surface area contributed by atoms with E-state index in [1.807, 2.05) is 30.3 Å². The molecule has 0 bridgehead atoms. The van der Waals surface area contributed by atoms with Gasteiger partial charge in [-0.2, -0.15) is 0 Å². The van der Waals surface area contributed by atoms with Crippen molar-refractivity contribution >= 4 is 0 Å². The third-order valence-corrected chi connectivity index (χ3v) is 6.56. The Balaban J connectivity index is 1.40. The lowest BCUT2D eigenvalue weighted by Gasteiger charge is -2.34. The molecule has 0 saturated carbocycles. The number of benzene rings is 3. The summed E-state index contributed by atoms with van der Waals surface area (Å²) < 4.78 is 25.5. The van der Waals surface area contributed by atoms with E-state index >= 15 is 0 Å². The zero-order chi connectivity index (χ0) is 21.9. The lowest BCUT2D eigenvalue weighted by molar-refractivity contribution is 0.237. The Morgan fingerprint density at radius 2 is 1.66 bits per heavy atom. The number of nitrogens with zero attached hydrogens (tertiary/aromatic N) is 1. The first-order valence-corrected chi connectivity index (χ1v) is 11.3. The number of likely N-dealkylation sites (tertiary alicyclic amines) is 1. The maximum Gasteiger partial charge on any atom is 0.123 e. The number of phenols is 1. The van der Waals surface area contributed by atoms with Crippen molar-refractivity contribution in [2.45, 2.75) is 24.7 Å². The largest absolute Gasteiger partial charge is 0.508 e. The van der Waals surface area contributed by atoms with E-state index in [1.165, 1.54) is 38.1 Å². The third kappa shape index (κ3) is 4.44. The molecule has 0 unspecified atom stereocenters. The molecule has 5 heteroatoms. The van der Waals surface area contributed by atoms with Crippen molar-refractivity contribution in [3.8, 4) is 17.2 Å². The Bertz CT molecular complexity index is 1050. The summed E-state index contributed by atoms with van der Waals surface area (Å²) in [7, 11) is 0. The predicted octanol–water partition coefficient (Wildman–Crippen LogP) is 5.31. The molecule has 0 aromatic heterocycles. The number of fused-ring (bicyclic) bond motifs is 1. The van der Waals surface area contributed by atoms with Crippen LogP contribution in [0, 0.1) is 5.82 Å². The topological polar surface area (TPSA) is 41.9 Å². The van der Waals surface area contributed by atoms with E-state index in [0.29, 0.717) is 13.2 Å². The van der Waals surface area contributed by atoms with Gasteiger partial charge >= 0.3 is 0 Å². The van der Waals surface area contributed by atoms with Gasteiger partial charge in [0.25, 0.3) is 0 Å². The first-order chi connectivity index (χ1) is 15.7. The van der Waals surface area contributed by atoms with Gasteiger partial charge in [-0.05, 0) is 79.5 Å². The lowest BCUT2D eigenvalue weighted by Crippen LogP contribution is -2.25. The van der Waals surface area contributed by atoms with Gasteiger partial charge in [0.1, 0.15) is 29.7 Å². The van der Waals surface area contributed by atoms with Crippen LogP contribution in [0.3, 0.4) is 0 Å². The molecule has 3 aromatic rings. The van der Waals surface area contributed by atoms with Gasteiger partial charge < -0.3 is 14.6 Å². The van der Waals surface area contributed by atoms with Gasteiger partial charge in [0, 0.05) is 23.9 Å². The molecule has 0 radical (unpaired) electrons. The first-order valence-electron chi connectivity index (χ1n) is 11.3. The van der Waals surface area contributed by atoms with Crippen molar-refractivity contribution < 1.29 is 19.0 Å². The molecule has 166 valence electrons. The average molecular weight is 434 g/mol. The monoisotopic (exact) mass is 433 g/mol. The Morgan fingerprint density at radius 3 is 2.41 bits per heavy atom. The second-order valence-corrected chi connectivity index (χ2v) is 8.64. The average Bonchev–Trinajstić information content (AvgIpc) is 3.33. The summed E-state index contributed by atoms with van der Waals surface area (Å²) in [5.74, 6) is 1.57. The Hall–Kier alpha value is -3.05. The highest BCUT2D eigenvalue weighted by Crippen LogP contribution is 2.47. The fraction of sp³-hybridized carbons (Fsp3) is 0.333. The van der Waals surface area contributed by atoms with Gasteiger partial charge in [0.15, 0.2) is 0 Å². The maximum atomic E-state index is 13.5. The van der Waals surface area contributed by atoms with E-state index in [4.69, 9.17) is 9.47 Å². The van der Waals surface area contributed by atoms with Crippen LogP contribution in [0.5, 0.6) is 17.2 Å². The summed E-state index contributed by atoms with van der Waals surface area (Å²) in [6, 6.07) is 20.0. The van der Waals surface area contributed by atoms with Gasteiger partial charge in [-0.15, -0.1) is 0 Å². The van der Waals surface area contributed by atoms with E-state index in [1.54, 1.807) is 12.1 Å². The van der Waals surface area contributed by atoms with E-state index in [-0.39, 0.29) is 23.4 Å². The summed E-state index contributed by atoms with van der Waals surface area (Å²) in [6.45, 7) is 4.47. The second-order valence-electron chi connectivity index (χ2n) is 8.64. The van der Waals surface area contributed by atoms with Crippen LogP contribution >= 0.6 is 0 Å². The predicted molar refractivity (Wildman–Crippen MR) is 122 cm³/mol. The Kier molecular flexibility index (Phi) is 5.99. The SMILES string of the molecule is Oc1ccc2c(c1)[C@@H](c1ccc(OCCN3CCCC3)cc1)[C@@H](c1ccc(F)cc1)CO2. The highest BCUT2D eigenvalue weighted by molar-refractivity contribution is 5.51. The minimum absolute atomic E-state index is 0.00633. The molecule has 4 nitrogen and oxygen atoms in total. The van der Waals surface area contributed by atoms with Crippen LogP contribution < -0.4 is 9.47 Å². The van der Waals surface area contributed by atoms with Crippen LogP contribution in [0.2, 0.25) is 0 Å². The number of rotatable bonds is 6. The molecule has 2 aliphatic heterocycles. The molecule has 32 heavy (non-hydrogen) atoms. The van der Waals surface area contributed by atoms with Gasteiger partial charge in [-0.25, -0.2) is 4.39 Å². The smallest absolute Gasteiger partial charge is 0.123 e. The zero-order valence-corrected chi connectivity index (χ0v) is 18.0. The zero-order valence-electron chi connectivity index (χ0n) is 18.0. The molecule has 1 fully saturated rings. The van der Waals surface area contributed by atoms with Crippen molar-refractivity contribution in [2.24, 2.45) is 0 Å². The van der Waals surface area contributed by atoms with Crippen molar-refractivity contribution in [3.05, 3.63) is 89.2 Å². The van der Waals surface area contributed by atoms with Gasteiger partial charge in [0.05, 0.1) is 6.61 Å². The summed E-state index contributed by atoms with van der Waals surface area (Å²) in [5.41, 5.74) is 3.06. The van der Waals surface area contributed by atoms with Gasteiger partial charge in [-0.3, -0.25) is 4.90 Å². The molecule has 2 aliphatic rings. The molecule has 0 spiro atoms. The normalized spacial score (nSPS) is 20.5. The quantitative estimate of drug-likeness (QED) is 0.572. The van der Waals surface area contributed by atoms with Crippen molar-refractivity contribution in [2.75, 3.05) is 32.8 Å². The molecule has 0 amide bonds. The fourth-order valence-electron chi connectivity index (χ4n) is 4.88. The van der Waals surface area contributed by atoms with Crippen molar-refractivity contribution in [1.82, 2.24) is 4.90 Å². The van der Waals surface area contributed by atoms with Crippen LogP contribution in [-0.4, -0.2) is 42.9 Å². The number of hydrogen-bond donors (Lipinski definition) is 1. The standard InChI is InChI=1S/C27H28FNO3/c28-21-7-3-19(4-8-21)25-18-32-26-12-9-22(30)17-24(26)27(25)20-5-10-23(11-6-20)31-16-15-29-13-1-2-14-29/h3-12,17,25,27,30H,1-2,13-16,18H2/t25-,27-/m1/s1. The molecule has 2 atom stereocenters. The molecule has 1 saturated heterocycles. The number of aromatic hydroxyl groups is 1. The number of hydrogen-bond acceptors (Lipinski definition) is 4. The first kappa shape index (κ1) is 20.8. The highest BCUT2D eigenvalue weighted by Gasteiger charge is 2.33. The van der Waals surface area contributed by atoms with Crippen LogP contribution in [0.4, 0.5) is 4.39 Å². The molecule has 5 rings (SSSR count). The van der Waals surface area contributed by atoms with Crippen LogP contribution in [0.15, 0.2) is 66.7 Å². The maximum absolute atomic E-state index is 13.5. The van der Waals surface area contributed by atoms with Crippen molar-refractivity contribution in [3.63, 3.8) is 0 Å². The summed E-state index contributed by atoms with van der Waals surface area (Å²) in [4.78, 5) is 2.44. The minimum atomic E-state index is -0.254. The molecule has 1 N–H and O–H groups in total. The molecule has 2 heterocycles. The highest BCUT2D eigenvalue weighted by atomic mass is 19.1. The van der Waals surface area contributed by atoms with Gasteiger partial charge in [-0.1, -0.05) is 24.3 Å². The van der Waals surface area contributed by atoms with Crippen molar-refractivity contribution in [1.29, 1.82) is 0 Å². The Labute approximate surface area is 188 Å². The van der Waals surface area contributed by atoms with E-state index in [9.17, 15) is 9.50 Å². The third-order valence-electron chi connectivity index (χ3n) is 6.56. The fourth-order valence-corrected chi connectivity index (χ4v) is 4.88. The van der Waals surface area contributed by atoms with Crippen LogP contribution in [0.1, 0.15) is 41.4 Å². The summed E-state index contributed by atoms with van der Waals surface area (Å²) in [5, 5.41) is 10.1. The minimum Gasteiger partial charge on any atom is -0.508 e. The lowest BCUT2D eigenvalue weighted by atomic mass is 9.76. The summed E-state index contributed by atoms with van der Waals surface area (Å²) >= 11 is 0. The van der Waals surface area contributed by atoms with Crippen LogP contribution in [0.25, 0.3) is 0 Å². The molecular formula is C27H28FNO3. The number of ether oxygens (including phenoxy) is 2. The number of halogens is 1. The Morgan fingerprint density at radius 1 is 0.938 bits per heavy atom. The molecule has 3 aromatic carbocycles. The molecule has 0 aliphatic carbocycles.